The minimum absolute atomic E-state index is 0.0657. The summed E-state index contributed by atoms with van der Waals surface area (Å²) in [6.45, 7) is 6.36. The van der Waals surface area contributed by atoms with Gasteiger partial charge in [-0.25, -0.2) is 0 Å². The van der Waals surface area contributed by atoms with E-state index in [1.54, 1.807) is 0 Å². The first-order valence-electron chi connectivity index (χ1n) is 25.2. The molecule has 0 saturated carbocycles. The number of carbonyl (C=O) groups excluding carboxylic acids is 2. The third-order valence-corrected chi connectivity index (χ3v) is 11.5. The highest BCUT2D eigenvalue weighted by molar-refractivity contribution is 5.77. The summed E-state index contributed by atoms with van der Waals surface area (Å²) < 4.78 is 5.90. The summed E-state index contributed by atoms with van der Waals surface area (Å²) in [6.07, 6.45) is 53.5. The average Bonchev–Trinajstić information content (AvgIpc) is 3.22. The number of ether oxygens (including phenoxy) is 1. The number of carbonyl (C=O) groups is 2. The fourth-order valence-electron chi connectivity index (χ4n) is 7.68. The van der Waals surface area contributed by atoms with E-state index in [1.807, 2.05) is 0 Å². The van der Waals surface area contributed by atoms with Gasteiger partial charge in [-0.2, -0.15) is 0 Å². The number of unbranched alkanes of at least 4 members (excludes halogenated alkanes) is 27. The number of hydrogen-bond acceptors (Lipinski definition) is 5. The van der Waals surface area contributed by atoms with Crippen LogP contribution >= 0.6 is 0 Å². The van der Waals surface area contributed by atoms with Crippen molar-refractivity contribution < 1.29 is 24.5 Å². The van der Waals surface area contributed by atoms with Gasteiger partial charge in [0.15, 0.2) is 0 Å². The molecule has 0 spiro atoms. The van der Waals surface area contributed by atoms with Crippen LogP contribution in [0.5, 0.6) is 0 Å². The van der Waals surface area contributed by atoms with Crippen LogP contribution in [0.3, 0.4) is 0 Å². The molecule has 0 aliphatic carbocycles. The maximum absolute atomic E-state index is 13.2. The Morgan fingerprint density at radius 3 is 1.41 bits per heavy atom. The van der Waals surface area contributed by atoms with Crippen molar-refractivity contribution in [2.75, 3.05) is 6.61 Å². The maximum Gasteiger partial charge on any atom is 0.306 e. The first-order chi connectivity index (χ1) is 28.5. The van der Waals surface area contributed by atoms with Gasteiger partial charge in [0.2, 0.25) is 5.91 Å². The zero-order valence-corrected chi connectivity index (χ0v) is 38.7. The summed E-state index contributed by atoms with van der Waals surface area (Å²) >= 11 is 0. The molecule has 0 bridgehead atoms. The van der Waals surface area contributed by atoms with Crippen LogP contribution in [0.4, 0.5) is 0 Å². The van der Waals surface area contributed by atoms with Gasteiger partial charge in [0.1, 0.15) is 6.10 Å². The molecule has 3 N–H and O–H groups in total. The lowest BCUT2D eigenvalue weighted by Gasteiger charge is -2.24. The highest BCUT2D eigenvalue weighted by Gasteiger charge is 2.24. The number of hydrogen-bond donors (Lipinski definition) is 3. The van der Waals surface area contributed by atoms with Gasteiger partial charge in [0.25, 0.3) is 0 Å². The summed E-state index contributed by atoms with van der Waals surface area (Å²) in [5.41, 5.74) is 0. The average molecular weight is 816 g/mol. The second-order valence-corrected chi connectivity index (χ2v) is 17.2. The summed E-state index contributed by atoms with van der Waals surface area (Å²) in [5, 5.41) is 23.7. The molecule has 0 heterocycles. The third-order valence-electron chi connectivity index (χ3n) is 11.5. The minimum atomic E-state index is -0.790. The van der Waals surface area contributed by atoms with Crippen molar-refractivity contribution in [3.05, 3.63) is 36.5 Å². The van der Waals surface area contributed by atoms with Crippen LogP contribution in [-0.4, -0.2) is 46.9 Å². The van der Waals surface area contributed by atoms with Crippen LogP contribution in [-0.2, 0) is 14.3 Å². The molecule has 6 nitrogen and oxygen atoms in total. The molecule has 0 saturated heterocycles. The fraction of sp³-hybridized carbons (Fsp3) is 0.846. The lowest BCUT2D eigenvalue weighted by molar-refractivity contribution is -0.151. The first-order valence-corrected chi connectivity index (χ1v) is 25.2. The van der Waals surface area contributed by atoms with Crippen LogP contribution in [0.2, 0.25) is 0 Å². The molecule has 3 unspecified atom stereocenters. The van der Waals surface area contributed by atoms with Crippen molar-refractivity contribution in [3.8, 4) is 0 Å². The number of allylic oxidation sites excluding steroid dienone is 6. The van der Waals surface area contributed by atoms with Gasteiger partial charge in [-0.3, -0.25) is 9.59 Å². The molecule has 58 heavy (non-hydrogen) atoms. The summed E-state index contributed by atoms with van der Waals surface area (Å²) in [5.74, 6) is -0.491. The van der Waals surface area contributed by atoms with Gasteiger partial charge in [0, 0.05) is 6.42 Å². The molecule has 6 heteroatoms. The molecule has 0 aliphatic heterocycles. The van der Waals surface area contributed by atoms with Crippen molar-refractivity contribution in [2.24, 2.45) is 0 Å². The van der Waals surface area contributed by atoms with Gasteiger partial charge in [0.05, 0.1) is 25.2 Å². The second-order valence-electron chi connectivity index (χ2n) is 17.2. The Hall–Kier alpha value is -1.92. The van der Waals surface area contributed by atoms with Crippen molar-refractivity contribution in [2.45, 2.75) is 277 Å². The van der Waals surface area contributed by atoms with E-state index in [0.717, 1.165) is 83.5 Å². The molecular formula is C52H97NO5. The van der Waals surface area contributed by atoms with Crippen LogP contribution in [0.25, 0.3) is 0 Å². The molecule has 0 fully saturated rings. The Bertz CT molecular complexity index is 961. The Morgan fingerprint density at radius 2 is 0.931 bits per heavy atom. The van der Waals surface area contributed by atoms with Gasteiger partial charge in [-0.1, -0.05) is 224 Å². The maximum atomic E-state index is 13.2. The van der Waals surface area contributed by atoms with E-state index in [1.165, 1.54) is 128 Å². The molecular weight excluding hydrogens is 719 g/mol. The quantitative estimate of drug-likeness (QED) is 0.0323. The van der Waals surface area contributed by atoms with Crippen molar-refractivity contribution in [1.82, 2.24) is 5.32 Å². The number of aliphatic hydroxyl groups excluding tert-OH is 2. The van der Waals surface area contributed by atoms with E-state index in [4.69, 9.17) is 4.74 Å². The minimum Gasteiger partial charge on any atom is -0.462 e. The molecule has 0 aromatic heterocycles. The van der Waals surface area contributed by atoms with Gasteiger partial charge in [-0.15, -0.1) is 0 Å². The first kappa shape index (κ1) is 56.1. The highest BCUT2D eigenvalue weighted by atomic mass is 16.5. The van der Waals surface area contributed by atoms with E-state index < -0.39 is 18.2 Å². The monoisotopic (exact) mass is 816 g/mol. The van der Waals surface area contributed by atoms with Crippen molar-refractivity contribution in [1.29, 1.82) is 0 Å². The smallest absolute Gasteiger partial charge is 0.306 e. The molecule has 0 radical (unpaired) electrons. The molecule has 0 aliphatic rings. The molecule has 0 rings (SSSR count). The Balaban J connectivity index is 4.51. The Kier molecular flexibility index (Phi) is 44.6. The Labute approximate surface area is 360 Å². The zero-order chi connectivity index (χ0) is 42.4. The number of esters is 1. The van der Waals surface area contributed by atoms with Gasteiger partial charge in [-0.05, 0) is 57.8 Å². The van der Waals surface area contributed by atoms with E-state index >= 15 is 0 Å². The lowest BCUT2D eigenvalue weighted by atomic mass is 10.0. The summed E-state index contributed by atoms with van der Waals surface area (Å²) in [6, 6.07) is -0.705. The molecule has 3 atom stereocenters. The van der Waals surface area contributed by atoms with Gasteiger partial charge >= 0.3 is 5.97 Å². The highest BCUT2D eigenvalue weighted by Crippen LogP contribution is 2.18. The van der Waals surface area contributed by atoms with Crippen LogP contribution in [0, 0.1) is 0 Å². The summed E-state index contributed by atoms with van der Waals surface area (Å²) in [7, 11) is 0. The fourth-order valence-corrected chi connectivity index (χ4v) is 7.68. The van der Waals surface area contributed by atoms with E-state index in [2.05, 4.69) is 62.5 Å². The summed E-state index contributed by atoms with van der Waals surface area (Å²) in [4.78, 5) is 26.0. The number of rotatable bonds is 45. The topological polar surface area (TPSA) is 95.9 Å². The SMILES string of the molecule is CC/C=C/C/C=C/C/C=C/CCCCCCC(CC(=O)NC(CO)C(O)CCCCCCCCCCCCCCCCCC)OC(=O)CCCCCCCCCCC. The number of nitrogens with one attached hydrogen (secondary N) is 1. The van der Waals surface area contributed by atoms with Crippen LogP contribution in [0.1, 0.15) is 258 Å². The normalized spacial score (nSPS) is 13.5. The van der Waals surface area contributed by atoms with E-state index in [0.29, 0.717) is 19.3 Å². The van der Waals surface area contributed by atoms with Crippen LogP contribution < -0.4 is 5.32 Å². The van der Waals surface area contributed by atoms with E-state index in [-0.39, 0.29) is 24.9 Å². The van der Waals surface area contributed by atoms with Gasteiger partial charge < -0.3 is 20.3 Å². The predicted molar refractivity (Wildman–Crippen MR) is 250 cm³/mol. The largest absolute Gasteiger partial charge is 0.462 e. The third kappa shape index (κ3) is 40.8. The molecule has 1 amide bonds. The number of aliphatic hydroxyl groups is 2. The molecule has 340 valence electrons. The standard InChI is InChI=1S/C52H97NO5/c1-4-7-10-13-16-19-21-23-25-26-28-30-33-35-38-41-44-50(55)49(47-54)53-51(56)46-48(58-52(57)45-42-39-36-31-18-15-12-9-6-3)43-40-37-34-32-29-27-24-22-20-17-14-11-8-5-2/h8,11,17,20,24,27,48-50,54-55H,4-7,9-10,12-16,18-19,21-23,25-26,28-47H2,1-3H3,(H,53,56)/b11-8+,20-17+,27-24+. The Morgan fingerprint density at radius 1 is 0.517 bits per heavy atom. The molecule has 0 aromatic carbocycles. The molecule has 0 aromatic rings. The van der Waals surface area contributed by atoms with Crippen LogP contribution in [0.15, 0.2) is 36.5 Å². The van der Waals surface area contributed by atoms with Crippen molar-refractivity contribution >= 4 is 11.9 Å². The lowest BCUT2D eigenvalue weighted by Crippen LogP contribution is -2.46. The second kappa shape index (κ2) is 46.2. The zero-order valence-electron chi connectivity index (χ0n) is 38.7. The van der Waals surface area contributed by atoms with E-state index in [9.17, 15) is 19.8 Å². The number of amides is 1. The predicted octanol–water partition coefficient (Wildman–Crippen LogP) is 14.9. The van der Waals surface area contributed by atoms with Crippen molar-refractivity contribution in [3.63, 3.8) is 0 Å².